The molecular formula is C26H28N2O5S2. The third kappa shape index (κ3) is 5.54. The molecule has 9 heteroatoms. The first-order valence-electron chi connectivity index (χ1n) is 11.3. The molecule has 0 aliphatic carbocycles. The first kappa shape index (κ1) is 25.2. The number of nitrogens with zero attached hydrogens (tertiary/aromatic N) is 1. The Hall–Kier alpha value is -2.85. The molecule has 2 unspecified atom stereocenters. The van der Waals surface area contributed by atoms with Crippen LogP contribution in [-0.4, -0.2) is 55.1 Å². The van der Waals surface area contributed by atoms with Gasteiger partial charge in [0.15, 0.2) is 0 Å². The van der Waals surface area contributed by atoms with E-state index < -0.39 is 27.3 Å². The SMILES string of the molecule is COc1ccccc1C(CCO)NC(=O)C1SCCN1S(=O)(=O)c1ccc(-c2ccccc2)cc1. The van der Waals surface area contributed by atoms with Gasteiger partial charge in [0.05, 0.1) is 18.0 Å². The predicted molar refractivity (Wildman–Crippen MR) is 138 cm³/mol. The summed E-state index contributed by atoms with van der Waals surface area (Å²) in [5, 5.41) is 11.6. The second-order valence-electron chi connectivity index (χ2n) is 8.04. The van der Waals surface area contributed by atoms with Crippen LogP contribution >= 0.6 is 11.8 Å². The minimum absolute atomic E-state index is 0.142. The van der Waals surface area contributed by atoms with E-state index in [-0.39, 0.29) is 24.5 Å². The van der Waals surface area contributed by atoms with Crippen LogP contribution in [0.5, 0.6) is 5.75 Å². The highest BCUT2D eigenvalue weighted by Gasteiger charge is 2.40. The number of nitrogens with one attached hydrogen (secondary N) is 1. The molecule has 3 aromatic rings. The minimum Gasteiger partial charge on any atom is -0.496 e. The lowest BCUT2D eigenvalue weighted by molar-refractivity contribution is -0.123. The third-order valence-corrected chi connectivity index (χ3v) is 9.10. The predicted octanol–water partition coefficient (Wildman–Crippen LogP) is 3.67. The highest BCUT2D eigenvalue weighted by Crippen LogP contribution is 2.33. The van der Waals surface area contributed by atoms with Crippen LogP contribution in [0.25, 0.3) is 11.1 Å². The van der Waals surface area contributed by atoms with Gasteiger partial charge >= 0.3 is 0 Å². The quantitative estimate of drug-likeness (QED) is 0.454. The van der Waals surface area contributed by atoms with E-state index in [1.165, 1.54) is 16.1 Å². The fourth-order valence-electron chi connectivity index (χ4n) is 4.12. The van der Waals surface area contributed by atoms with Crippen LogP contribution < -0.4 is 10.1 Å². The number of sulfonamides is 1. The molecule has 1 fully saturated rings. The molecule has 1 aliphatic rings. The van der Waals surface area contributed by atoms with Gasteiger partial charge in [0.25, 0.3) is 0 Å². The lowest BCUT2D eigenvalue weighted by Crippen LogP contribution is -2.45. The van der Waals surface area contributed by atoms with Crippen LogP contribution in [0.1, 0.15) is 18.0 Å². The van der Waals surface area contributed by atoms with Gasteiger partial charge in [0.2, 0.25) is 15.9 Å². The van der Waals surface area contributed by atoms with Crippen molar-refractivity contribution in [2.24, 2.45) is 0 Å². The molecule has 1 saturated heterocycles. The molecule has 3 aromatic carbocycles. The number of carbonyl (C=O) groups is 1. The molecular weight excluding hydrogens is 484 g/mol. The van der Waals surface area contributed by atoms with Crippen molar-refractivity contribution in [2.75, 3.05) is 26.0 Å². The van der Waals surface area contributed by atoms with Crippen molar-refractivity contribution in [1.29, 1.82) is 0 Å². The van der Waals surface area contributed by atoms with Crippen LogP contribution in [-0.2, 0) is 14.8 Å². The zero-order chi connectivity index (χ0) is 24.8. The first-order valence-corrected chi connectivity index (χ1v) is 13.8. The number of aliphatic hydroxyl groups is 1. The van der Waals surface area contributed by atoms with E-state index in [1.54, 1.807) is 37.4 Å². The van der Waals surface area contributed by atoms with E-state index in [0.717, 1.165) is 16.7 Å². The van der Waals surface area contributed by atoms with Crippen molar-refractivity contribution in [3.63, 3.8) is 0 Å². The van der Waals surface area contributed by atoms with E-state index in [4.69, 9.17) is 4.74 Å². The lowest BCUT2D eigenvalue weighted by Gasteiger charge is -2.26. The number of amides is 1. The van der Waals surface area contributed by atoms with Crippen LogP contribution in [0, 0.1) is 0 Å². The van der Waals surface area contributed by atoms with E-state index >= 15 is 0 Å². The maximum Gasteiger partial charge on any atom is 0.249 e. The molecule has 0 bridgehead atoms. The van der Waals surface area contributed by atoms with Crippen LogP contribution in [0.3, 0.4) is 0 Å². The number of hydrogen-bond acceptors (Lipinski definition) is 6. The van der Waals surface area contributed by atoms with Crippen molar-refractivity contribution >= 4 is 27.7 Å². The molecule has 0 saturated carbocycles. The number of aliphatic hydroxyl groups excluding tert-OH is 1. The third-order valence-electron chi connectivity index (χ3n) is 5.89. The fraction of sp³-hybridized carbons (Fsp3) is 0.269. The molecule has 2 N–H and O–H groups in total. The van der Waals surface area contributed by atoms with Gasteiger partial charge in [-0.3, -0.25) is 4.79 Å². The van der Waals surface area contributed by atoms with Gasteiger partial charge in [-0.2, -0.15) is 4.31 Å². The summed E-state index contributed by atoms with van der Waals surface area (Å²) in [5.41, 5.74) is 2.64. The van der Waals surface area contributed by atoms with E-state index in [0.29, 0.717) is 11.5 Å². The number of methoxy groups -OCH3 is 1. The summed E-state index contributed by atoms with van der Waals surface area (Å²) in [5.74, 6) is 0.688. The van der Waals surface area contributed by atoms with Gasteiger partial charge in [0.1, 0.15) is 11.1 Å². The van der Waals surface area contributed by atoms with Gasteiger partial charge < -0.3 is 15.2 Å². The smallest absolute Gasteiger partial charge is 0.249 e. The van der Waals surface area contributed by atoms with Gasteiger partial charge in [-0.25, -0.2) is 8.42 Å². The Balaban J connectivity index is 1.54. The van der Waals surface area contributed by atoms with Gasteiger partial charge in [-0.15, -0.1) is 11.8 Å². The van der Waals surface area contributed by atoms with Gasteiger partial charge in [0, 0.05) is 24.5 Å². The second kappa shape index (κ2) is 11.3. The Kier molecular flexibility index (Phi) is 8.12. The molecule has 2 atom stereocenters. The van der Waals surface area contributed by atoms with E-state index in [2.05, 4.69) is 5.32 Å². The molecule has 1 heterocycles. The molecule has 35 heavy (non-hydrogen) atoms. The average molecular weight is 513 g/mol. The van der Waals surface area contributed by atoms with E-state index in [9.17, 15) is 18.3 Å². The molecule has 0 radical (unpaired) electrons. The summed E-state index contributed by atoms with van der Waals surface area (Å²) in [6.07, 6.45) is 0.275. The Labute approximate surface area is 210 Å². The van der Waals surface area contributed by atoms with Crippen molar-refractivity contribution in [3.05, 3.63) is 84.4 Å². The van der Waals surface area contributed by atoms with Gasteiger partial charge in [-0.05, 0) is 35.7 Å². The normalized spacial score (nSPS) is 17.1. The van der Waals surface area contributed by atoms with Crippen molar-refractivity contribution in [3.8, 4) is 16.9 Å². The van der Waals surface area contributed by atoms with Crippen LogP contribution in [0.4, 0.5) is 0 Å². The zero-order valence-electron chi connectivity index (χ0n) is 19.3. The highest BCUT2D eigenvalue weighted by molar-refractivity contribution is 8.02. The number of thioether (sulfide) groups is 1. The van der Waals surface area contributed by atoms with Crippen molar-refractivity contribution in [1.82, 2.24) is 9.62 Å². The summed E-state index contributed by atoms with van der Waals surface area (Å²) in [7, 11) is -2.34. The Morgan fingerprint density at radius 1 is 1.06 bits per heavy atom. The summed E-state index contributed by atoms with van der Waals surface area (Å²) >= 11 is 1.29. The van der Waals surface area contributed by atoms with E-state index in [1.807, 2.05) is 48.5 Å². The molecule has 1 amide bonds. The van der Waals surface area contributed by atoms with Gasteiger partial charge in [-0.1, -0.05) is 60.7 Å². The van der Waals surface area contributed by atoms with Crippen LogP contribution in [0.2, 0.25) is 0 Å². The van der Waals surface area contributed by atoms with Crippen LogP contribution in [0.15, 0.2) is 83.8 Å². The number of para-hydroxylation sites is 1. The maximum absolute atomic E-state index is 13.5. The molecule has 7 nitrogen and oxygen atoms in total. The number of carbonyl (C=O) groups excluding carboxylic acids is 1. The maximum atomic E-state index is 13.5. The molecule has 1 aliphatic heterocycles. The first-order chi connectivity index (χ1) is 17.0. The fourth-order valence-corrected chi connectivity index (χ4v) is 7.21. The number of ether oxygens (including phenoxy) is 1. The summed E-state index contributed by atoms with van der Waals surface area (Å²) < 4.78 is 33.6. The molecule has 0 aromatic heterocycles. The Morgan fingerprint density at radius 3 is 2.40 bits per heavy atom. The topological polar surface area (TPSA) is 95.9 Å². The minimum atomic E-state index is -3.88. The summed E-state index contributed by atoms with van der Waals surface area (Å²) in [6.45, 7) is 0.0986. The number of hydrogen-bond donors (Lipinski definition) is 2. The molecule has 184 valence electrons. The highest BCUT2D eigenvalue weighted by atomic mass is 32.2. The zero-order valence-corrected chi connectivity index (χ0v) is 21.0. The number of benzene rings is 3. The molecule has 4 rings (SSSR count). The Morgan fingerprint density at radius 2 is 1.71 bits per heavy atom. The summed E-state index contributed by atoms with van der Waals surface area (Å²) in [6, 6.07) is 23.2. The summed E-state index contributed by atoms with van der Waals surface area (Å²) in [4.78, 5) is 13.4. The monoisotopic (exact) mass is 512 g/mol. The standard InChI is InChI=1S/C26H28N2O5S2/c1-33-24-10-6-5-9-22(24)23(15-17-29)27-25(30)26-28(16-18-34-26)35(31,32)21-13-11-20(12-14-21)19-7-3-2-4-8-19/h2-14,23,26,29H,15-18H2,1H3,(H,27,30). The largest absolute Gasteiger partial charge is 0.496 e. The average Bonchev–Trinajstić information content (AvgIpc) is 3.40. The van der Waals surface area contributed by atoms with Crippen molar-refractivity contribution < 1.29 is 23.1 Å². The Bertz CT molecular complexity index is 1250. The number of rotatable bonds is 9. The lowest BCUT2D eigenvalue weighted by atomic mass is 10.0. The van der Waals surface area contributed by atoms with Crippen molar-refractivity contribution in [2.45, 2.75) is 22.7 Å². The molecule has 0 spiro atoms. The second-order valence-corrected chi connectivity index (χ2v) is 11.1.